The van der Waals surface area contributed by atoms with Crippen LogP contribution in [0.2, 0.25) is 0 Å². The molecule has 1 saturated heterocycles. The summed E-state index contributed by atoms with van der Waals surface area (Å²) in [7, 11) is 4.28. The molecule has 2 rings (SSSR count). The molecule has 96 valence electrons. The number of nitrogens with zero attached hydrogens (tertiary/aromatic N) is 3. The van der Waals surface area contributed by atoms with Gasteiger partial charge in [-0.3, -0.25) is 9.58 Å². The minimum atomic E-state index is 0.719. The summed E-state index contributed by atoms with van der Waals surface area (Å²) in [5.41, 5.74) is 2.52. The van der Waals surface area contributed by atoms with E-state index in [2.05, 4.69) is 35.4 Å². The Hall–Kier alpha value is -0.870. The van der Waals surface area contributed by atoms with Crippen LogP contribution in [0.25, 0.3) is 0 Å². The SMILES string of the molecule is CCc1cc(CN(C)C2CCNCC2)n(C)n1. The zero-order valence-electron chi connectivity index (χ0n) is 11.2. The van der Waals surface area contributed by atoms with Crippen LogP contribution in [0.15, 0.2) is 6.07 Å². The van der Waals surface area contributed by atoms with Crippen LogP contribution in [0.4, 0.5) is 0 Å². The fourth-order valence-corrected chi connectivity index (χ4v) is 2.52. The van der Waals surface area contributed by atoms with Crippen LogP contribution in [-0.2, 0) is 20.0 Å². The summed E-state index contributed by atoms with van der Waals surface area (Å²) in [6, 6.07) is 2.95. The van der Waals surface area contributed by atoms with Gasteiger partial charge in [0, 0.05) is 19.6 Å². The van der Waals surface area contributed by atoms with E-state index in [0.717, 1.165) is 32.1 Å². The minimum Gasteiger partial charge on any atom is -0.317 e. The average Bonchev–Trinajstić information content (AvgIpc) is 2.71. The van der Waals surface area contributed by atoms with E-state index in [-0.39, 0.29) is 0 Å². The van der Waals surface area contributed by atoms with Crippen molar-refractivity contribution in [3.8, 4) is 0 Å². The summed E-state index contributed by atoms with van der Waals surface area (Å²) in [4.78, 5) is 2.47. The molecule has 1 aromatic heterocycles. The molecule has 1 N–H and O–H groups in total. The third-order valence-corrected chi connectivity index (χ3v) is 3.73. The maximum Gasteiger partial charge on any atom is 0.0625 e. The molecule has 0 radical (unpaired) electrons. The van der Waals surface area contributed by atoms with Crippen molar-refractivity contribution in [2.45, 2.75) is 38.8 Å². The van der Waals surface area contributed by atoms with Crippen LogP contribution in [0.5, 0.6) is 0 Å². The second kappa shape index (κ2) is 5.65. The molecule has 0 aromatic carbocycles. The summed E-state index contributed by atoms with van der Waals surface area (Å²) >= 11 is 0. The molecule has 0 unspecified atom stereocenters. The van der Waals surface area contributed by atoms with E-state index in [4.69, 9.17) is 0 Å². The zero-order valence-corrected chi connectivity index (χ0v) is 11.2. The number of aromatic nitrogens is 2. The molecule has 1 aliphatic rings. The smallest absolute Gasteiger partial charge is 0.0625 e. The Labute approximate surface area is 104 Å². The third kappa shape index (κ3) is 3.07. The van der Waals surface area contributed by atoms with Crippen LogP contribution < -0.4 is 5.32 Å². The summed E-state index contributed by atoms with van der Waals surface area (Å²) in [5, 5.41) is 7.92. The van der Waals surface area contributed by atoms with Gasteiger partial charge >= 0.3 is 0 Å². The zero-order chi connectivity index (χ0) is 12.3. The number of hydrogen-bond donors (Lipinski definition) is 1. The third-order valence-electron chi connectivity index (χ3n) is 3.73. The fourth-order valence-electron chi connectivity index (χ4n) is 2.52. The van der Waals surface area contributed by atoms with Gasteiger partial charge in [0.15, 0.2) is 0 Å². The van der Waals surface area contributed by atoms with Gasteiger partial charge < -0.3 is 5.32 Å². The van der Waals surface area contributed by atoms with Crippen molar-refractivity contribution in [1.82, 2.24) is 20.0 Å². The second-order valence-electron chi connectivity index (χ2n) is 5.00. The topological polar surface area (TPSA) is 33.1 Å². The van der Waals surface area contributed by atoms with Crippen LogP contribution in [-0.4, -0.2) is 40.9 Å². The Morgan fingerprint density at radius 1 is 1.47 bits per heavy atom. The Morgan fingerprint density at radius 2 is 2.18 bits per heavy atom. The maximum absolute atomic E-state index is 4.50. The number of nitrogens with one attached hydrogen (secondary N) is 1. The Bertz CT molecular complexity index is 352. The van der Waals surface area contributed by atoms with Crippen LogP contribution in [0, 0.1) is 0 Å². The highest BCUT2D eigenvalue weighted by atomic mass is 15.3. The highest BCUT2D eigenvalue weighted by Gasteiger charge is 2.18. The monoisotopic (exact) mass is 236 g/mol. The summed E-state index contributed by atoms with van der Waals surface area (Å²) in [6.45, 7) is 5.47. The van der Waals surface area contributed by atoms with Crippen molar-refractivity contribution in [3.63, 3.8) is 0 Å². The highest BCUT2D eigenvalue weighted by molar-refractivity contribution is 5.10. The molecule has 0 aliphatic carbocycles. The molecule has 1 aliphatic heterocycles. The Kier molecular flexibility index (Phi) is 4.18. The summed E-state index contributed by atoms with van der Waals surface area (Å²) in [6.07, 6.45) is 3.54. The molecule has 1 fully saturated rings. The number of piperidine rings is 1. The van der Waals surface area contributed by atoms with Gasteiger partial charge in [0.25, 0.3) is 0 Å². The minimum absolute atomic E-state index is 0.719. The maximum atomic E-state index is 4.50. The molecule has 0 bridgehead atoms. The number of rotatable bonds is 4. The van der Waals surface area contributed by atoms with Gasteiger partial charge in [-0.2, -0.15) is 5.10 Å². The van der Waals surface area contributed by atoms with E-state index < -0.39 is 0 Å². The quantitative estimate of drug-likeness (QED) is 0.852. The van der Waals surface area contributed by atoms with Gasteiger partial charge in [0.05, 0.1) is 11.4 Å². The summed E-state index contributed by atoms with van der Waals surface area (Å²) < 4.78 is 2.02. The first kappa shape index (κ1) is 12.6. The van der Waals surface area contributed by atoms with E-state index in [1.807, 2.05) is 11.7 Å². The van der Waals surface area contributed by atoms with Crippen molar-refractivity contribution in [2.75, 3.05) is 20.1 Å². The first-order valence-corrected chi connectivity index (χ1v) is 6.63. The number of hydrogen-bond acceptors (Lipinski definition) is 3. The van der Waals surface area contributed by atoms with Crippen molar-refractivity contribution in [2.24, 2.45) is 7.05 Å². The second-order valence-corrected chi connectivity index (χ2v) is 5.00. The molecule has 0 amide bonds. The first-order chi connectivity index (χ1) is 8.20. The van der Waals surface area contributed by atoms with E-state index in [0.29, 0.717) is 0 Å². The van der Waals surface area contributed by atoms with Gasteiger partial charge in [-0.25, -0.2) is 0 Å². The predicted octanol–water partition coefficient (Wildman–Crippen LogP) is 1.17. The molecular formula is C13H24N4. The fraction of sp³-hybridized carbons (Fsp3) is 0.769. The lowest BCUT2D eigenvalue weighted by molar-refractivity contribution is 0.188. The predicted molar refractivity (Wildman–Crippen MR) is 69.9 cm³/mol. The molecule has 17 heavy (non-hydrogen) atoms. The standard InChI is InChI=1S/C13H24N4/c1-4-11-9-13(17(3)15-11)10-16(2)12-5-7-14-8-6-12/h9,12,14H,4-8,10H2,1-3H3. The van der Waals surface area contributed by atoms with Crippen LogP contribution >= 0.6 is 0 Å². The van der Waals surface area contributed by atoms with E-state index >= 15 is 0 Å². The number of aryl methyl sites for hydroxylation is 2. The van der Waals surface area contributed by atoms with E-state index in [9.17, 15) is 0 Å². The van der Waals surface area contributed by atoms with Gasteiger partial charge in [-0.1, -0.05) is 6.92 Å². The molecule has 0 atom stereocenters. The van der Waals surface area contributed by atoms with Gasteiger partial charge in [-0.05, 0) is 45.5 Å². The normalized spacial score (nSPS) is 17.9. The van der Waals surface area contributed by atoms with E-state index in [1.54, 1.807) is 0 Å². The molecule has 0 spiro atoms. The Morgan fingerprint density at radius 3 is 2.76 bits per heavy atom. The van der Waals surface area contributed by atoms with Gasteiger partial charge in [0.2, 0.25) is 0 Å². The largest absolute Gasteiger partial charge is 0.317 e. The van der Waals surface area contributed by atoms with Gasteiger partial charge in [-0.15, -0.1) is 0 Å². The lowest BCUT2D eigenvalue weighted by atomic mass is 10.1. The van der Waals surface area contributed by atoms with Crippen molar-refractivity contribution < 1.29 is 0 Å². The van der Waals surface area contributed by atoms with Crippen molar-refractivity contribution in [1.29, 1.82) is 0 Å². The molecular weight excluding hydrogens is 212 g/mol. The molecule has 2 heterocycles. The lowest BCUT2D eigenvalue weighted by Gasteiger charge is -2.31. The average molecular weight is 236 g/mol. The van der Waals surface area contributed by atoms with E-state index in [1.165, 1.54) is 24.2 Å². The van der Waals surface area contributed by atoms with Crippen LogP contribution in [0.3, 0.4) is 0 Å². The lowest BCUT2D eigenvalue weighted by Crippen LogP contribution is -2.40. The molecule has 4 heteroatoms. The Balaban J connectivity index is 1.96. The van der Waals surface area contributed by atoms with Crippen molar-refractivity contribution in [3.05, 3.63) is 17.5 Å². The van der Waals surface area contributed by atoms with Crippen molar-refractivity contribution >= 4 is 0 Å². The highest BCUT2D eigenvalue weighted by Crippen LogP contribution is 2.14. The molecule has 0 saturated carbocycles. The first-order valence-electron chi connectivity index (χ1n) is 6.63. The molecule has 4 nitrogen and oxygen atoms in total. The van der Waals surface area contributed by atoms with Gasteiger partial charge in [0.1, 0.15) is 0 Å². The molecule has 1 aromatic rings. The van der Waals surface area contributed by atoms with Crippen LogP contribution in [0.1, 0.15) is 31.2 Å². The summed E-state index contributed by atoms with van der Waals surface area (Å²) in [5.74, 6) is 0.